The second-order valence-corrected chi connectivity index (χ2v) is 5.72. The van der Waals surface area contributed by atoms with E-state index >= 15 is 0 Å². The Bertz CT molecular complexity index is 322. The van der Waals surface area contributed by atoms with Crippen LogP contribution in [0.4, 0.5) is 5.69 Å². The number of rotatable bonds is 3. The van der Waals surface area contributed by atoms with Gasteiger partial charge in [-0.2, -0.15) is 0 Å². The summed E-state index contributed by atoms with van der Waals surface area (Å²) in [6.45, 7) is 3.57. The van der Waals surface area contributed by atoms with Crippen molar-refractivity contribution in [2.45, 2.75) is 24.3 Å². The van der Waals surface area contributed by atoms with E-state index in [1.54, 1.807) is 25.6 Å². The minimum Gasteiger partial charge on any atom is -0.398 e. The Morgan fingerprint density at radius 3 is 2.64 bits per heavy atom. The highest BCUT2D eigenvalue weighted by atomic mass is 79.9. The highest BCUT2D eigenvalue weighted by Crippen LogP contribution is 2.29. The molecule has 1 aromatic rings. The van der Waals surface area contributed by atoms with E-state index in [9.17, 15) is 5.11 Å². The van der Waals surface area contributed by atoms with Crippen molar-refractivity contribution >= 4 is 33.4 Å². The highest BCUT2D eigenvalue weighted by molar-refractivity contribution is 9.10. The number of nitrogens with two attached hydrogens (primary N) is 1. The second kappa shape index (κ2) is 4.55. The third kappa shape index (κ3) is 3.90. The maximum atomic E-state index is 9.55. The zero-order valence-electron chi connectivity index (χ0n) is 8.25. The molecular weight excluding hydrogens is 262 g/mol. The fraction of sp³-hybridized carbons (Fsp3) is 0.400. The molecule has 3 N–H and O–H groups in total. The predicted molar refractivity (Wildman–Crippen MR) is 65.6 cm³/mol. The Morgan fingerprint density at radius 1 is 1.50 bits per heavy atom. The Morgan fingerprint density at radius 2 is 2.14 bits per heavy atom. The average molecular weight is 276 g/mol. The molecule has 0 heterocycles. The molecule has 0 aliphatic rings. The van der Waals surface area contributed by atoms with Crippen LogP contribution in [-0.2, 0) is 0 Å². The van der Waals surface area contributed by atoms with Gasteiger partial charge in [0.15, 0.2) is 0 Å². The molecule has 0 radical (unpaired) electrons. The third-order valence-corrected chi connectivity index (χ3v) is 3.58. The maximum Gasteiger partial charge on any atom is 0.0685 e. The van der Waals surface area contributed by atoms with E-state index in [0.717, 1.165) is 15.1 Å². The first-order chi connectivity index (χ1) is 6.38. The first kappa shape index (κ1) is 11.9. The molecule has 78 valence electrons. The largest absolute Gasteiger partial charge is 0.398 e. The van der Waals surface area contributed by atoms with E-state index < -0.39 is 5.60 Å². The lowest BCUT2D eigenvalue weighted by Crippen LogP contribution is -2.21. The Balaban J connectivity index is 2.68. The number of nitrogen functional groups attached to an aromatic ring is 1. The standard InChI is InChI=1S/C10H14BrNOS/c1-10(2,13)6-14-9-4-3-7(11)5-8(9)12/h3-5,13H,6,12H2,1-2H3. The van der Waals surface area contributed by atoms with Crippen LogP contribution in [0.2, 0.25) is 0 Å². The molecule has 4 heteroatoms. The number of halogens is 1. The molecule has 0 saturated carbocycles. The van der Waals surface area contributed by atoms with Crippen LogP contribution in [0.5, 0.6) is 0 Å². The van der Waals surface area contributed by atoms with Gasteiger partial charge in [-0.1, -0.05) is 15.9 Å². The molecule has 0 bridgehead atoms. The number of benzene rings is 1. The van der Waals surface area contributed by atoms with Gasteiger partial charge in [-0.25, -0.2) is 0 Å². The summed E-state index contributed by atoms with van der Waals surface area (Å²) in [6.07, 6.45) is 0. The average Bonchev–Trinajstić information content (AvgIpc) is 2.00. The van der Waals surface area contributed by atoms with E-state index in [1.165, 1.54) is 0 Å². The minimum absolute atomic E-state index is 0.638. The molecule has 0 atom stereocenters. The van der Waals surface area contributed by atoms with Gasteiger partial charge in [0.1, 0.15) is 0 Å². The van der Waals surface area contributed by atoms with Gasteiger partial charge in [-0.05, 0) is 32.0 Å². The molecule has 0 unspecified atom stereocenters. The van der Waals surface area contributed by atoms with Crippen molar-refractivity contribution in [3.8, 4) is 0 Å². The molecule has 0 saturated heterocycles. The lowest BCUT2D eigenvalue weighted by Gasteiger charge is -2.16. The Kier molecular flexibility index (Phi) is 3.86. The first-order valence-electron chi connectivity index (χ1n) is 4.29. The monoisotopic (exact) mass is 275 g/mol. The fourth-order valence-electron chi connectivity index (χ4n) is 0.905. The van der Waals surface area contributed by atoms with Gasteiger partial charge in [0.05, 0.1) is 5.60 Å². The van der Waals surface area contributed by atoms with Crippen LogP contribution in [0.1, 0.15) is 13.8 Å². The molecule has 1 rings (SSSR count). The quantitative estimate of drug-likeness (QED) is 0.659. The highest BCUT2D eigenvalue weighted by Gasteiger charge is 2.13. The van der Waals surface area contributed by atoms with Gasteiger partial charge >= 0.3 is 0 Å². The van der Waals surface area contributed by atoms with Crippen molar-refractivity contribution in [2.24, 2.45) is 0 Å². The van der Waals surface area contributed by atoms with Crippen molar-refractivity contribution in [1.82, 2.24) is 0 Å². The molecule has 1 aromatic carbocycles. The first-order valence-corrected chi connectivity index (χ1v) is 6.06. The van der Waals surface area contributed by atoms with Gasteiger partial charge < -0.3 is 10.8 Å². The number of hydrogen-bond donors (Lipinski definition) is 2. The smallest absolute Gasteiger partial charge is 0.0685 e. The van der Waals surface area contributed by atoms with E-state index in [0.29, 0.717) is 5.75 Å². The second-order valence-electron chi connectivity index (χ2n) is 3.78. The van der Waals surface area contributed by atoms with E-state index in [1.807, 2.05) is 18.2 Å². The molecule has 0 aliphatic heterocycles. The molecule has 0 aliphatic carbocycles. The van der Waals surface area contributed by atoms with Crippen LogP contribution in [0.15, 0.2) is 27.6 Å². The maximum absolute atomic E-state index is 9.55. The van der Waals surface area contributed by atoms with Crippen molar-refractivity contribution < 1.29 is 5.11 Å². The van der Waals surface area contributed by atoms with E-state index in [-0.39, 0.29) is 0 Å². The van der Waals surface area contributed by atoms with Gasteiger partial charge in [0.25, 0.3) is 0 Å². The zero-order valence-corrected chi connectivity index (χ0v) is 10.7. The fourth-order valence-corrected chi connectivity index (χ4v) is 2.18. The van der Waals surface area contributed by atoms with Crippen LogP contribution < -0.4 is 5.73 Å². The normalized spacial score (nSPS) is 11.7. The van der Waals surface area contributed by atoms with E-state index in [2.05, 4.69) is 15.9 Å². The lowest BCUT2D eigenvalue weighted by atomic mass is 10.2. The molecule has 0 aromatic heterocycles. The number of aliphatic hydroxyl groups is 1. The van der Waals surface area contributed by atoms with Crippen LogP contribution in [0.25, 0.3) is 0 Å². The molecule has 0 fully saturated rings. The van der Waals surface area contributed by atoms with Gasteiger partial charge in [0.2, 0.25) is 0 Å². The van der Waals surface area contributed by atoms with Crippen LogP contribution in [0, 0.1) is 0 Å². The lowest BCUT2D eigenvalue weighted by molar-refractivity contribution is 0.107. The summed E-state index contributed by atoms with van der Waals surface area (Å²) >= 11 is 4.92. The third-order valence-electron chi connectivity index (χ3n) is 1.55. The molecule has 0 amide bonds. The summed E-state index contributed by atoms with van der Waals surface area (Å²) in [7, 11) is 0. The number of thioether (sulfide) groups is 1. The van der Waals surface area contributed by atoms with Gasteiger partial charge in [0, 0.05) is 20.8 Å². The Hall–Kier alpha value is -0.190. The zero-order chi connectivity index (χ0) is 10.8. The van der Waals surface area contributed by atoms with Crippen LogP contribution >= 0.6 is 27.7 Å². The van der Waals surface area contributed by atoms with Crippen molar-refractivity contribution in [2.75, 3.05) is 11.5 Å². The summed E-state index contributed by atoms with van der Waals surface area (Å²) in [5.41, 5.74) is 5.90. The van der Waals surface area contributed by atoms with Gasteiger partial charge in [-0.15, -0.1) is 11.8 Å². The minimum atomic E-state index is -0.663. The molecule has 0 spiro atoms. The summed E-state index contributed by atoms with van der Waals surface area (Å²) in [4.78, 5) is 1.01. The van der Waals surface area contributed by atoms with Crippen LogP contribution in [-0.4, -0.2) is 16.5 Å². The van der Waals surface area contributed by atoms with Crippen molar-refractivity contribution in [1.29, 1.82) is 0 Å². The molecule has 2 nitrogen and oxygen atoms in total. The SMILES string of the molecule is CC(C)(O)CSc1ccc(Br)cc1N. The number of anilines is 1. The summed E-state index contributed by atoms with van der Waals surface area (Å²) in [6, 6.07) is 5.77. The molecular formula is C10H14BrNOS. The van der Waals surface area contributed by atoms with Gasteiger partial charge in [-0.3, -0.25) is 0 Å². The molecule has 14 heavy (non-hydrogen) atoms. The summed E-state index contributed by atoms with van der Waals surface area (Å²) in [5.74, 6) is 0.638. The number of hydrogen-bond acceptors (Lipinski definition) is 3. The Labute approximate surface area is 97.0 Å². The van der Waals surface area contributed by atoms with Crippen LogP contribution in [0.3, 0.4) is 0 Å². The summed E-state index contributed by atoms with van der Waals surface area (Å²) < 4.78 is 0.975. The predicted octanol–water partition coefficient (Wildman–Crippen LogP) is 2.89. The summed E-state index contributed by atoms with van der Waals surface area (Å²) in [5, 5.41) is 9.55. The van der Waals surface area contributed by atoms with Crippen molar-refractivity contribution in [3.05, 3.63) is 22.7 Å². The van der Waals surface area contributed by atoms with Crippen molar-refractivity contribution in [3.63, 3.8) is 0 Å². The van der Waals surface area contributed by atoms with E-state index in [4.69, 9.17) is 5.73 Å². The topological polar surface area (TPSA) is 46.2 Å².